The van der Waals surface area contributed by atoms with Crippen molar-refractivity contribution in [1.29, 1.82) is 0 Å². The minimum absolute atomic E-state index is 0.0640. The molecule has 2 aliphatic heterocycles. The second-order valence-corrected chi connectivity index (χ2v) is 4.40. The first-order valence-corrected chi connectivity index (χ1v) is 5.43. The first kappa shape index (κ1) is 9.81. The van der Waals surface area contributed by atoms with Crippen LogP contribution in [0.4, 0.5) is 5.69 Å². The number of nitrogens with zero attached hydrogens (tertiary/aromatic N) is 1. The number of rotatable bonds is 1. The topological polar surface area (TPSA) is 60.8 Å². The van der Waals surface area contributed by atoms with Crippen LogP contribution in [0, 0.1) is 0 Å². The van der Waals surface area contributed by atoms with Gasteiger partial charge in [0, 0.05) is 12.8 Å². The van der Waals surface area contributed by atoms with Gasteiger partial charge in [0.15, 0.2) is 5.72 Å². The summed E-state index contributed by atoms with van der Waals surface area (Å²) < 4.78 is 0. The third kappa shape index (κ3) is 0.982. The lowest BCUT2D eigenvalue weighted by Gasteiger charge is -2.30. The number of hydrogen-bond donors (Lipinski definition) is 2. The van der Waals surface area contributed by atoms with E-state index in [1.54, 1.807) is 0 Å². The summed E-state index contributed by atoms with van der Waals surface area (Å²) >= 11 is 0. The van der Waals surface area contributed by atoms with Crippen LogP contribution >= 0.6 is 0 Å². The number of aliphatic hydroxyl groups excluding tert-OH is 1. The van der Waals surface area contributed by atoms with E-state index in [0.717, 1.165) is 11.3 Å². The molecule has 0 saturated carbocycles. The molecule has 0 radical (unpaired) electrons. The molecule has 84 valence electrons. The number of carbonyl (C=O) groups is 1. The molecule has 2 N–H and O–H groups in total. The van der Waals surface area contributed by atoms with E-state index in [1.165, 1.54) is 4.90 Å². The fourth-order valence-corrected chi connectivity index (χ4v) is 2.88. The number of para-hydroxylation sites is 1. The van der Waals surface area contributed by atoms with Gasteiger partial charge in [-0.3, -0.25) is 9.69 Å². The number of fused-ring (bicyclic) bond motifs is 3. The van der Waals surface area contributed by atoms with Gasteiger partial charge in [-0.05, 0) is 11.6 Å². The van der Waals surface area contributed by atoms with Gasteiger partial charge >= 0.3 is 0 Å². The Morgan fingerprint density at radius 2 is 2.19 bits per heavy atom. The van der Waals surface area contributed by atoms with Crippen LogP contribution in [0.3, 0.4) is 0 Å². The maximum atomic E-state index is 11.8. The second-order valence-electron chi connectivity index (χ2n) is 4.40. The highest BCUT2D eigenvalue weighted by Crippen LogP contribution is 2.51. The molecule has 2 aliphatic rings. The molecule has 4 nitrogen and oxygen atoms in total. The Balaban J connectivity index is 2.21. The molecule has 0 unspecified atom stereocenters. The highest BCUT2D eigenvalue weighted by molar-refractivity contribution is 5.99. The van der Waals surface area contributed by atoms with Crippen molar-refractivity contribution in [1.82, 2.24) is 0 Å². The zero-order chi connectivity index (χ0) is 11.3. The summed E-state index contributed by atoms with van der Waals surface area (Å²) in [6.07, 6.45) is 0.743. The van der Waals surface area contributed by atoms with Crippen molar-refractivity contribution in [2.24, 2.45) is 0 Å². The van der Waals surface area contributed by atoms with E-state index < -0.39 is 5.72 Å². The lowest BCUT2D eigenvalue weighted by Crippen LogP contribution is -2.46. The first-order valence-electron chi connectivity index (χ1n) is 5.43. The van der Waals surface area contributed by atoms with E-state index in [4.69, 9.17) is 0 Å². The van der Waals surface area contributed by atoms with Gasteiger partial charge in [-0.1, -0.05) is 18.2 Å². The van der Waals surface area contributed by atoms with Crippen LogP contribution < -0.4 is 4.90 Å². The highest BCUT2D eigenvalue weighted by Gasteiger charge is 2.56. The van der Waals surface area contributed by atoms with Crippen LogP contribution in [-0.2, 0) is 4.79 Å². The number of amides is 1. The van der Waals surface area contributed by atoms with Gasteiger partial charge in [-0.15, -0.1) is 0 Å². The molecule has 1 aromatic carbocycles. The van der Waals surface area contributed by atoms with E-state index >= 15 is 0 Å². The van der Waals surface area contributed by atoms with Gasteiger partial charge < -0.3 is 10.2 Å². The van der Waals surface area contributed by atoms with Crippen molar-refractivity contribution >= 4 is 11.6 Å². The van der Waals surface area contributed by atoms with Crippen LogP contribution in [0.15, 0.2) is 24.3 Å². The summed E-state index contributed by atoms with van der Waals surface area (Å²) in [4.78, 5) is 13.2. The summed E-state index contributed by atoms with van der Waals surface area (Å²) in [7, 11) is 0. The molecular weight excluding hydrogens is 206 g/mol. The Bertz CT molecular complexity index is 459. The van der Waals surface area contributed by atoms with Gasteiger partial charge in [0.2, 0.25) is 5.91 Å². The average Bonchev–Trinajstić information content (AvgIpc) is 2.71. The van der Waals surface area contributed by atoms with E-state index in [0.29, 0.717) is 12.8 Å². The van der Waals surface area contributed by atoms with Gasteiger partial charge in [-0.25, -0.2) is 0 Å². The quantitative estimate of drug-likeness (QED) is 0.726. The molecule has 0 spiro atoms. The van der Waals surface area contributed by atoms with Crippen molar-refractivity contribution in [2.75, 3.05) is 11.5 Å². The maximum absolute atomic E-state index is 11.8. The van der Waals surface area contributed by atoms with Crippen molar-refractivity contribution in [3.05, 3.63) is 29.8 Å². The molecule has 2 atom stereocenters. The molecule has 2 heterocycles. The molecule has 0 bridgehead atoms. The molecule has 16 heavy (non-hydrogen) atoms. The van der Waals surface area contributed by atoms with Crippen LogP contribution in [0.25, 0.3) is 0 Å². The molecule has 1 fully saturated rings. The fourth-order valence-electron chi connectivity index (χ4n) is 2.88. The molecule has 1 aromatic rings. The molecule has 1 amide bonds. The first-order chi connectivity index (χ1) is 7.68. The normalized spacial score (nSPS) is 31.8. The van der Waals surface area contributed by atoms with Gasteiger partial charge in [0.1, 0.15) is 0 Å². The summed E-state index contributed by atoms with van der Waals surface area (Å²) in [5.41, 5.74) is 0.391. The fraction of sp³-hybridized carbons (Fsp3) is 0.417. The maximum Gasteiger partial charge on any atom is 0.229 e. The zero-order valence-corrected chi connectivity index (χ0v) is 8.76. The summed E-state index contributed by atoms with van der Waals surface area (Å²) in [6.45, 7) is -0.142. The average molecular weight is 219 g/mol. The van der Waals surface area contributed by atoms with Gasteiger partial charge in [0.25, 0.3) is 0 Å². The van der Waals surface area contributed by atoms with E-state index in [9.17, 15) is 15.0 Å². The molecule has 0 aliphatic carbocycles. The predicted molar refractivity (Wildman–Crippen MR) is 57.9 cm³/mol. The molecule has 4 heteroatoms. The number of anilines is 1. The van der Waals surface area contributed by atoms with E-state index in [1.807, 2.05) is 24.3 Å². The SMILES string of the molecule is O=C1CC[C@@]2(O)[C@H](CO)c3ccccc3N12. The van der Waals surface area contributed by atoms with Crippen LogP contribution in [0.1, 0.15) is 24.3 Å². The number of carbonyl (C=O) groups excluding carboxylic acids is 1. The summed E-state index contributed by atoms with van der Waals surface area (Å²) in [6, 6.07) is 7.38. The Morgan fingerprint density at radius 3 is 2.94 bits per heavy atom. The molecular formula is C12H13NO3. The molecule has 3 rings (SSSR count). The zero-order valence-electron chi connectivity index (χ0n) is 8.76. The van der Waals surface area contributed by atoms with Crippen molar-refractivity contribution < 1.29 is 15.0 Å². The Hall–Kier alpha value is -1.39. The highest BCUT2D eigenvalue weighted by atomic mass is 16.3. The van der Waals surface area contributed by atoms with Crippen LogP contribution in [0.5, 0.6) is 0 Å². The summed E-state index contributed by atoms with van der Waals surface area (Å²) in [5, 5.41) is 19.9. The smallest absolute Gasteiger partial charge is 0.229 e. The minimum Gasteiger partial charge on any atom is -0.396 e. The van der Waals surface area contributed by atoms with Gasteiger partial charge in [-0.2, -0.15) is 0 Å². The van der Waals surface area contributed by atoms with Crippen molar-refractivity contribution in [3.63, 3.8) is 0 Å². The summed E-state index contributed by atoms with van der Waals surface area (Å²) in [5.74, 6) is -0.443. The van der Waals surface area contributed by atoms with Crippen LogP contribution in [0.2, 0.25) is 0 Å². The Kier molecular flexibility index (Phi) is 1.87. The van der Waals surface area contributed by atoms with E-state index in [-0.39, 0.29) is 18.4 Å². The molecule has 1 saturated heterocycles. The monoisotopic (exact) mass is 219 g/mol. The van der Waals surface area contributed by atoms with Crippen LogP contribution in [-0.4, -0.2) is 28.5 Å². The third-order valence-electron chi connectivity index (χ3n) is 3.64. The largest absolute Gasteiger partial charge is 0.396 e. The third-order valence-corrected chi connectivity index (χ3v) is 3.64. The predicted octanol–water partition coefficient (Wildman–Crippen LogP) is 0.591. The number of hydrogen-bond acceptors (Lipinski definition) is 3. The molecule has 0 aromatic heterocycles. The minimum atomic E-state index is -1.21. The van der Waals surface area contributed by atoms with Crippen molar-refractivity contribution in [2.45, 2.75) is 24.5 Å². The standard InChI is InChI=1S/C12H13NO3/c14-7-9-8-3-1-2-4-10(8)13-11(15)5-6-12(9,13)16/h1-4,9,14,16H,5-7H2/t9-,12-/m1/s1. The Morgan fingerprint density at radius 1 is 1.44 bits per heavy atom. The van der Waals surface area contributed by atoms with Gasteiger partial charge in [0.05, 0.1) is 18.2 Å². The number of aliphatic hydroxyl groups is 2. The Labute approximate surface area is 93.1 Å². The second kappa shape index (κ2) is 3.06. The lowest BCUT2D eigenvalue weighted by atomic mass is 9.91. The van der Waals surface area contributed by atoms with E-state index in [2.05, 4.69) is 0 Å². The van der Waals surface area contributed by atoms with Crippen molar-refractivity contribution in [3.8, 4) is 0 Å². The number of benzene rings is 1. The lowest BCUT2D eigenvalue weighted by molar-refractivity contribution is -0.118.